The average molecular weight is 378 g/mol. The summed E-state index contributed by atoms with van der Waals surface area (Å²) in [7, 11) is -3.25. The summed E-state index contributed by atoms with van der Waals surface area (Å²) in [6, 6.07) is 11.9. The standard InChI is InChI=1S/C19H23FN2O3S/c1-13(12-16-6-4-5-7-18(16)20)21-19(23)22-14(2)15-8-10-17(11-9-15)26(3,24)25/h4-11,13-14H,12H2,1-3H3,(H2,21,22,23). The van der Waals surface area contributed by atoms with Crippen LogP contribution in [-0.4, -0.2) is 26.7 Å². The number of halogens is 1. The van der Waals surface area contributed by atoms with E-state index < -0.39 is 9.84 Å². The van der Waals surface area contributed by atoms with Crippen molar-refractivity contribution >= 4 is 15.9 Å². The van der Waals surface area contributed by atoms with Gasteiger partial charge in [0, 0.05) is 12.3 Å². The number of benzene rings is 2. The van der Waals surface area contributed by atoms with E-state index in [4.69, 9.17) is 0 Å². The Hall–Kier alpha value is -2.41. The molecule has 0 aliphatic carbocycles. The molecule has 2 aromatic carbocycles. The highest BCUT2D eigenvalue weighted by atomic mass is 32.2. The van der Waals surface area contributed by atoms with Gasteiger partial charge in [0.2, 0.25) is 0 Å². The van der Waals surface area contributed by atoms with E-state index >= 15 is 0 Å². The Morgan fingerprint density at radius 1 is 1.04 bits per heavy atom. The Labute approximate surface area is 153 Å². The van der Waals surface area contributed by atoms with Gasteiger partial charge in [-0.1, -0.05) is 30.3 Å². The van der Waals surface area contributed by atoms with Crippen LogP contribution in [0.15, 0.2) is 53.4 Å². The number of sulfone groups is 1. The fourth-order valence-corrected chi connectivity index (χ4v) is 3.22. The molecule has 0 fully saturated rings. The van der Waals surface area contributed by atoms with Gasteiger partial charge in [0.05, 0.1) is 10.9 Å². The van der Waals surface area contributed by atoms with Crippen LogP contribution in [0.1, 0.15) is 31.0 Å². The Bertz CT molecular complexity index is 867. The minimum absolute atomic E-state index is 0.233. The third-order valence-corrected chi connectivity index (χ3v) is 5.15. The summed E-state index contributed by atoms with van der Waals surface area (Å²) >= 11 is 0. The van der Waals surface area contributed by atoms with Gasteiger partial charge in [-0.25, -0.2) is 17.6 Å². The van der Waals surface area contributed by atoms with Crippen LogP contribution in [-0.2, 0) is 16.3 Å². The van der Waals surface area contributed by atoms with E-state index in [2.05, 4.69) is 10.6 Å². The van der Waals surface area contributed by atoms with Gasteiger partial charge in [-0.3, -0.25) is 0 Å². The molecule has 0 bridgehead atoms. The molecule has 0 aromatic heterocycles. The highest BCUT2D eigenvalue weighted by Crippen LogP contribution is 2.16. The number of rotatable bonds is 6. The Morgan fingerprint density at radius 2 is 1.65 bits per heavy atom. The van der Waals surface area contributed by atoms with Crippen LogP contribution < -0.4 is 10.6 Å². The van der Waals surface area contributed by atoms with Crippen LogP contribution in [0.2, 0.25) is 0 Å². The van der Waals surface area contributed by atoms with E-state index in [-0.39, 0.29) is 28.8 Å². The summed E-state index contributed by atoms with van der Waals surface area (Å²) < 4.78 is 36.6. The molecule has 0 saturated heterocycles. The normalized spacial score (nSPS) is 13.7. The van der Waals surface area contributed by atoms with Crippen molar-refractivity contribution in [3.63, 3.8) is 0 Å². The zero-order valence-corrected chi connectivity index (χ0v) is 15.8. The number of nitrogens with one attached hydrogen (secondary N) is 2. The molecule has 0 aliphatic heterocycles. The maximum atomic E-state index is 13.7. The van der Waals surface area contributed by atoms with Crippen molar-refractivity contribution in [1.82, 2.24) is 10.6 Å². The predicted octanol–water partition coefficient (Wildman–Crippen LogP) is 3.22. The zero-order chi connectivity index (χ0) is 19.3. The summed E-state index contributed by atoms with van der Waals surface area (Å²) in [5.41, 5.74) is 1.33. The molecular formula is C19H23FN2O3S. The van der Waals surface area contributed by atoms with Gasteiger partial charge in [0.15, 0.2) is 9.84 Å². The maximum absolute atomic E-state index is 13.7. The van der Waals surface area contributed by atoms with Crippen molar-refractivity contribution < 1.29 is 17.6 Å². The third-order valence-electron chi connectivity index (χ3n) is 4.02. The quantitative estimate of drug-likeness (QED) is 0.810. The molecule has 26 heavy (non-hydrogen) atoms. The molecule has 0 radical (unpaired) electrons. The van der Waals surface area contributed by atoms with Gasteiger partial charge in [-0.15, -0.1) is 0 Å². The Kier molecular flexibility index (Phi) is 6.37. The van der Waals surface area contributed by atoms with E-state index in [0.29, 0.717) is 12.0 Å². The first-order valence-electron chi connectivity index (χ1n) is 8.27. The summed E-state index contributed by atoms with van der Waals surface area (Å²) in [5, 5.41) is 5.57. The van der Waals surface area contributed by atoms with Gasteiger partial charge in [-0.05, 0) is 49.6 Å². The molecule has 2 unspecified atom stereocenters. The molecule has 7 heteroatoms. The number of carbonyl (C=O) groups excluding carboxylic acids is 1. The van der Waals surface area contributed by atoms with E-state index in [1.54, 1.807) is 44.2 Å². The molecular weight excluding hydrogens is 355 g/mol. The molecule has 0 heterocycles. The van der Waals surface area contributed by atoms with Gasteiger partial charge in [0.1, 0.15) is 5.82 Å². The van der Waals surface area contributed by atoms with Gasteiger partial charge >= 0.3 is 6.03 Å². The lowest BCUT2D eigenvalue weighted by Gasteiger charge is -2.19. The summed E-state index contributed by atoms with van der Waals surface area (Å²) in [4.78, 5) is 12.4. The zero-order valence-electron chi connectivity index (χ0n) is 15.0. The lowest BCUT2D eigenvalue weighted by Crippen LogP contribution is -2.42. The van der Waals surface area contributed by atoms with E-state index in [1.807, 2.05) is 0 Å². The Morgan fingerprint density at radius 3 is 2.23 bits per heavy atom. The smallest absolute Gasteiger partial charge is 0.315 e. The van der Waals surface area contributed by atoms with Crippen LogP contribution in [0, 0.1) is 5.82 Å². The second-order valence-corrected chi connectivity index (χ2v) is 8.39. The monoisotopic (exact) mass is 378 g/mol. The van der Waals surface area contributed by atoms with Gasteiger partial charge in [0.25, 0.3) is 0 Å². The van der Waals surface area contributed by atoms with E-state index in [0.717, 1.165) is 11.8 Å². The predicted molar refractivity (Wildman–Crippen MR) is 99.2 cm³/mol. The van der Waals surface area contributed by atoms with Crippen molar-refractivity contribution in [2.24, 2.45) is 0 Å². The SMILES string of the molecule is CC(Cc1ccccc1F)NC(=O)NC(C)c1ccc(S(C)(=O)=O)cc1. The summed E-state index contributed by atoms with van der Waals surface area (Å²) in [6.45, 7) is 3.61. The number of carbonyl (C=O) groups is 1. The van der Waals surface area contributed by atoms with Crippen LogP contribution >= 0.6 is 0 Å². The number of hydrogen-bond donors (Lipinski definition) is 2. The topological polar surface area (TPSA) is 75.3 Å². The summed E-state index contributed by atoms with van der Waals surface area (Å²) in [5.74, 6) is -0.291. The lowest BCUT2D eigenvalue weighted by molar-refractivity contribution is 0.234. The molecule has 2 amide bonds. The second-order valence-electron chi connectivity index (χ2n) is 6.38. The second kappa shape index (κ2) is 8.31. The van der Waals surface area contributed by atoms with E-state index in [1.165, 1.54) is 18.2 Å². The average Bonchev–Trinajstić information content (AvgIpc) is 2.56. The highest BCUT2D eigenvalue weighted by molar-refractivity contribution is 7.90. The van der Waals surface area contributed by atoms with E-state index in [9.17, 15) is 17.6 Å². The molecule has 2 aromatic rings. The van der Waals surface area contributed by atoms with Crippen molar-refractivity contribution in [2.75, 3.05) is 6.26 Å². The molecule has 5 nitrogen and oxygen atoms in total. The first kappa shape index (κ1) is 19.9. The third kappa shape index (κ3) is 5.56. The van der Waals surface area contributed by atoms with Gasteiger partial charge < -0.3 is 10.6 Å². The molecule has 0 aliphatic rings. The minimum Gasteiger partial charge on any atom is -0.335 e. The van der Waals surface area contributed by atoms with Crippen molar-refractivity contribution in [3.8, 4) is 0 Å². The van der Waals surface area contributed by atoms with Crippen LogP contribution in [0.25, 0.3) is 0 Å². The van der Waals surface area contributed by atoms with Crippen molar-refractivity contribution in [1.29, 1.82) is 0 Å². The number of hydrogen-bond acceptors (Lipinski definition) is 3. The molecule has 2 N–H and O–H groups in total. The molecule has 0 saturated carbocycles. The fraction of sp³-hybridized carbons (Fsp3) is 0.316. The Balaban J connectivity index is 1.91. The van der Waals surface area contributed by atoms with Crippen molar-refractivity contribution in [3.05, 3.63) is 65.5 Å². The number of urea groups is 1. The molecule has 140 valence electrons. The lowest BCUT2D eigenvalue weighted by atomic mass is 10.1. The minimum atomic E-state index is -3.25. The van der Waals surface area contributed by atoms with Crippen molar-refractivity contribution in [2.45, 2.75) is 37.2 Å². The highest BCUT2D eigenvalue weighted by Gasteiger charge is 2.14. The maximum Gasteiger partial charge on any atom is 0.315 e. The molecule has 2 rings (SSSR count). The molecule has 0 spiro atoms. The first-order chi connectivity index (χ1) is 12.2. The number of amides is 2. The molecule has 2 atom stereocenters. The van der Waals surface area contributed by atoms with Crippen LogP contribution in [0.3, 0.4) is 0 Å². The van der Waals surface area contributed by atoms with Gasteiger partial charge in [-0.2, -0.15) is 0 Å². The first-order valence-corrected chi connectivity index (χ1v) is 10.2. The summed E-state index contributed by atoms with van der Waals surface area (Å²) in [6.07, 6.45) is 1.53. The largest absolute Gasteiger partial charge is 0.335 e. The fourth-order valence-electron chi connectivity index (χ4n) is 2.59. The van der Waals surface area contributed by atoms with Crippen LogP contribution in [0.5, 0.6) is 0 Å². The van der Waals surface area contributed by atoms with Crippen LogP contribution in [0.4, 0.5) is 9.18 Å².